The summed E-state index contributed by atoms with van der Waals surface area (Å²) in [6, 6.07) is 9.39. The van der Waals surface area contributed by atoms with Gasteiger partial charge in [0.1, 0.15) is 0 Å². The average molecular weight is 270 g/mol. The number of para-hydroxylation sites is 1. The molecule has 1 fully saturated rings. The number of sulfone groups is 1. The molecule has 1 atom stereocenters. The molecular formula is C11H18N4O2S. The summed E-state index contributed by atoms with van der Waals surface area (Å²) in [5.41, 5.74) is 9.93. The quantitative estimate of drug-likeness (QED) is 0.691. The van der Waals surface area contributed by atoms with Crippen LogP contribution in [0.1, 0.15) is 0 Å². The van der Waals surface area contributed by atoms with Gasteiger partial charge in [-0.15, -0.1) is 0 Å². The van der Waals surface area contributed by atoms with E-state index in [1.165, 1.54) is 0 Å². The zero-order valence-electron chi connectivity index (χ0n) is 10.3. The summed E-state index contributed by atoms with van der Waals surface area (Å²) < 4.78 is 23.7. The summed E-state index contributed by atoms with van der Waals surface area (Å²) in [5, 5.41) is 4.59. The van der Waals surface area contributed by atoms with Crippen LogP contribution in [0.4, 0.5) is 5.69 Å². The molecule has 1 unspecified atom stereocenters. The number of nitrogens with zero attached hydrogens (tertiary/aromatic N) is 1. The van der Waals surface area contributed by atoms with Gasteiger partial charge >= 0.3 is 0 Å². The zero-order valence-corrected chi connectivity index (χ0v) is 11.1. The molecule has 1 aromatic carbocycles. The van der Waals surface area contributed by atoms with E-state index >= 15 is 0 Å². The van der Waals surface area contributed by atoms with Gasteiger partial charge in [-0.05, 0) is 12.1 Å². The van der Waals surface area contributed by atoms with E-state index in [1.807, 2.05) is 30.3 Å². The van der Waals surface area contributed by atoms with Gasteiger partial charge in [-0.3, -0.25) is 5.73 Å². The molecule has 1 saturated heterocycles. The van der Waals surface area contributed by atoms with Crippen molar-refractivity contribution in [1.29, 1.82) is 0 Å². The summed E-state index contributed by atoms with van der Waals surface area (Å²) in [7, 11) is -3.42. The molecule has 100 valence electrons. The maximum absolute atomic E-state index is 11.9. The van der Waals surface area contributed by atoms with Crippen LogP contribution in [0, 0.1) is 0 Å². The second kappa shape index (κ2) is 4.85. The normalized spacial score (nSPS) is 25.9. The van der Waals surface area contributed by atoms with Crippen molar-refractivity contribution < 1.29 is 8.42 Å². The van der Waals surface area contributed by atoms with Crippen molar-refractivity contribution in [3.05, 3.63) is 30.3 Å². The Morgan fingerprint density at radius 3 is 2.67 bits per heavy atom. The molecule has 1 heterocycles. The number of nitrogens with one attached hydrogen (secondary N) is 2. The van der Waals surface area contributed by atoms with Gasteiger partial charge in [0, 0.05) is 31.6 Å². The van der Waals surface area contributed by atoms with Gasteiger partial charge < -0.3 is 10.7 Å². The highest BCUT2D eigenvalue weighted by Gasteiger charge is 2.44. The van der Waals surface area contributed by atoms with Crippen LogP contribution >= 0.6 is 0 Å². The van der Waals surface area contributed by atoms with Crippen LogP contribution in [0.5, 0.6) is 0 Å². The van der Waals surface area contributed by atoms with Crippen molar-refractivity contribution in [1.82, 2.24) is 10.3 Å². The SMILES string of the molecule is CS(=O)(=O)C1(N)CNCCN1Nc1ccccc1. The van der Waals surface area contributed by atoms with E-state index in [0.29, 0.717) is 13.1 Å². The molecule has 0 saturated carbocycles. The zero-order chi connectivity index (χ0) is 13.2. The third-order valence-corrected chi connectivity index (χ3v) is 4.68. The molecule has 0 radical (unpaired) electrons. The lowest BCUT2D eigenvalue weighted by atomic mass is 10.3. The van der Waals surface area contributed by atoms with Gasteiger partial charge in [-0.25, -0.2) is 8.42 Å². The predicted molar refractivity (Wildman–Crippen MR) is 71.4 cm³/mol. The van der Waals surface area contributed by atoms with Crippen LogP contribution in [0.25, 0.3) is 0 Å². The number of hydrogen-bond acceptors (Lipinski definition) is 6. The number of nitrogens with two attached hydrogens (primary N) is 1. The highest BCUT2D eigenvalue weighted by molar-refractivity contribution is 7.92. The Bertz CT molecular complexity index is 505. The third kappa shape index (κ3) is 2.49. The van der Waals surface area contributed by atoms with E-state index < -0.39 is 14.8 Å². The number of benzene rings is 1. The maximum atomic E-state index is 11.9. The molecule has 0 bridgehead atoms. The van der Waals surface area contributed by atoms with Crippen LogP contribution < -0.4 is 16.5 Å². The fraction of sp³-hybridized carbons (Fsp3) is 0.455. The lowest BCUT2D eigenvalue weighted by molar-refractivity contribution is 0.163. The third-order valence-electron chi connectivity index (χ3n) is 3.03. The minimum Gasteiger partial charge on any atom is -0.316 e. The van der Waals surface area contributed by atoms with Gasteiger partial charge in [0.25, 0.3) is 0 Å². The number of rotatable bonds is 3. The highest BCUT2D eigenvalue weighted by Crippen LogP contribution is 2.19. The minimum atomic E-state index is -3.42. The first kappa shape index (κ1) is 13.3. The summed E-state index contributed by atoms with van der Waals surface area (Å²) in [4.78, 5) is -1.43. The molecule has 1 aromatic rings. The van der Waals surface area contributed by atoms with E-state index in [1.54, 1.807) is 5.01 Å². The molecule has 6 nitrogen and oxygen atoms in total. The second-order valence-corrected chi connectivity index (χ2v) is 6.67. The van der Waals surface area contributed by atoms with Crippen molar-refractivity contribution in [2.75, 3.05) is 31.3 Å². The fourth-order valence-corrected chi connectivity index (χ4v) is 2.79. The highest BCUT2D eigenvalue weighted by atomic mass is 32.2. The lowest BCUT2D eigenvalue weighted by Gasteiger charge is -2.43. The van der Waals surface area contributed by atoms with Crippen molar-refractivity contribution in [2.45, 2.75) is 4.99 Å². The number of hydrogen-bond donors (Lipinski definition) is 3. The molecule has 7 heteroatoms. The van der Waals surface area contributed by atoms with E-state index in [2.05, 4.69) is 10.7 Å². The van der Waals surface area contributed by atoms with Gasteiger partial charge in [-0.2, -0.15) is 5.01 Å². The van der Waals surface area contributed by atoms with E-state index in [0.717, 1.165) is 11.9 Å². The first-order valence-corrected chi connectivity index (χ1v) is 7.61. The van der Waals surface area contributed by atoms with E-state index in [9.17, 15) is 8.42 Å². The van der Waals surface area contributed by atoms with E-state index in [-0.39, 0.29) is 6.54 Å². The van der Waals surface area contributed by atoms with E-state index in [4.69, 9.17) is 5.73 Å². The lowest BCUT2D eigenvalue weighted by Crippen LogP contribution is -2.71. The molecule has 0 aromatic heterocycles. The average Bonchev–Trinajstić information content (AvgIpc) is 2.32. The Hall–Kier alpha value is -1.15. The molecular weight excluding hydrogens is 252 g/mol. The fourth-order valence-electron chi connectivity index (χ4n) is 1.89. The summed E-state index contributed by atoms with van der Waals surface area (Å²) >= 11 is 0. The maximum Gasteiger partial charge on any atom is 0.202 e. The van der Waals surface area contributed by atoms with Crippen LogP contribution in [0.2, 0.25) is 0 Å². The van der Waals surface area contributed by atoms with Crippen molar-refractivity contribution in [3.8, 4) is 0 Å². The molecule has 0 amide bonds. The molecule has 18 heavy (non-hydrogen) atoms. The Balaban J connectivity index is 2.24. The van der Waals surface area contributed by atoms with Crippen molar-refractivity contribution in [2.24, 2.45) is 5.73 Å². The predicted octanol–water partition coefficient (Wildman–Crippen LogP) is -0.424. The van der Waals surface area contributed by atoms with Crippen molar-refractivity contribution in [3.63, 3.8) is 0 Å². The summed E-state index contributed by atoms with van der Waals surface area (Å²) in [5.74, 6) is 0. The van der Waals surface area contributed by atoms with Gasteiger partial charge in [0.2, 0.25) is 4.99 Å². The number of piperazine rings is 1. The molecule has 1 aliphatic rings. The van der Waals surface area contributed by atoms with Crippen LogP contribution in [-0.2, 0) is 9.84 Å². The summed E-state index contributed by atoms with van der Waals surface area (Å²) in [6.07, 6.45) is 1.15. The Labute approximate surface area is 107 Å². The molecule has 0 spiro atoms. The number of hydrazine groups is 1. The largest absolute Gasteiger partial charge is 0.316 e. The Morgan fingerprint density at radius 2 is 2.06 bits per heavy atom. The summed E-state index contributed by atoms with van der Waals surface area (Å²) in [6.45, 7) is 1.40. The topological polar surface area (TPSA) is 87.5 Å². The second-order valence-electron chi connectivity index (χ2n) is 4.42. The standard InChI is InChI=1S/C11H18N4O2S/c1-18(16,17)11(12)9-13-7-8-15(11)14-10-5-3-2-4-6-10/h2-6,13-14H,7-9,12H2,1H3. The Morgan fingerprint density at radius 1 is 1.39 bits per heavy atom. The van der Waals surface area contributed by atoms with Crippen LogP contribution in [0.15, 0.2) is 30.3 Å². The molecule has 1 aliphatic heterocycles. The van der Waals surface area contributed by atoms with Crippen LogP contribution in [-0.4, -0.2) is 44.3 Å². The molecule has 2 rings (SSSR count). The number of anilines is 1. The van der Waals surface area contributed by atoms with Crippen molar-refractivity contribution >= 4 is 15.5 Å². The molecule has 0 aliphatic carbocycles. The van der Waals surface area contributed by atoms with Gasteiger partial charge in [-0.1, -0.05) is 18.2 Å². The Kier molecular flexibility index (Phi) is 3.58. The molecule has 4 N–H and O–H groups in total. The first-order chi connectivity index (χ1) is 8.43. The smallest absolute Gasteiger partial charge is 0.202 e. The first-order valence-electron chi connectivity index (χ1n) is 5.72. The van der Waals surface area contributed by atoms with Gasteiger partial charge in [0.05, 0.1) is 0 Å². The minimum absolute atomic E-state index is 0.200. The van der Waals surface area contributed by atoms with Crippen LogP contribution in [0.3, 0.4) is 0 Å². The van der Waals surface area contributed by atoms with Gasteiger partial charge in [0.15, 0.2) is 9.84 Å². The monoisotopic (exact) mass is 270 g/mol.